The van der Waals surface area contributed by atoms with Gasteiger partial charge < -0.3 is 16.2 Å². The monoisotopic (exact) mass is 191 g/mol. The summed E-state index contributed by atoms with van der Waals surface area (Å²) in [6.45, 7) is 0.00183. The van der Waals surface area contributed by atoms with Gasteiger partial charge in [0.05, 0.1) is 18.2 Å². The molecule has 1 aromatic rings. The second-order valence-electron chi connectivity index (χ2n) is 2.98. The highest BCUT2D eigenvalue weighted by Gasteiger charge is 2.08. The van der Waals surface area contributed by atoms with Gasteiger partial charge in [-0.1, -0.05) is 6.07 Å². The molecule has 0 aliphatic heterocycles. The van der Waals surface area contributed by atoms with Crippen LogP contribution in [0.15, 0.2) is 18.2 Å². The van der Waals surface area contributed by atoms with E-state index in [9.17, 15) is 0 Å². The quantitative estimate of drug-likeness (QED) is 0.604. The van der Waals surface area contributed by atoms with Crippen LogP contribution in [-0.2, 0) is 0 Å². The number of aliphatic hydroxyl groups excluding tert-OH is 1. The van der Waals surface area contributed by atoms with Crippen molar-refractivity contribution in [3.63, 3.8) is 0 Å². The minimum atomic E-state index is -0.134. The van der Waals surface area contributed by atoms with E-state index in [1.54, 1.807) is 25.2 Å². The average molecular weight is 191 g/mol. The number of nitrogen functional groups attached to an aromatic ring is 1. The smallest absolute Gasteiger partial charge is 0.101 e. The molecule has 1 aromatic carbocycles. The van der Waals surface area contributed by atoms with Gasteiger partial charge in [0.2, 0.25) is 0 Å². The van der Waals surface area contributed by atoms with Crippen LogP contribution in [0.5, 0.6) is 0 Å². The van der Waals surface area contributed by atoms with E-state index >= 15 is 0 Å². The van der Waals surface area contributed by atoms with Crippen molar-refractivity contribution in [1.82, 2.24) is 5.32 Å². The standard InChI is InChI=1S/C10H13N3O/c1-13-10(6-14)7-2-3-8(5-11)9(12)4-7/h2-4,10,13-14H,6,12H2,1H3. The van der Waals surface area contributed by atoms with Crippen LogP contribution in [-0.4, -0.2) is 18.8 Å². The zero-order valence-electron chi connectivity index (χ0n) is 7.99. The zero-order valence-corrected chi connectivity index (χ0v) is 7.99. The Kier molecular flexibility index (Phi) is 3.46. The number of rotatable bonds is 3. The van der Waals surface area contributed by atoms with Crippen molar-refractivity contribution in [2.75, 3.05) is 19.4 Å². The number of anilines is 1. The van der Waals surface area contributed by atoms with Crippen LogP contribution in [0.4, 0.5) is 5.69 Å². The van der Waals surface area contributed by atoms with Crippen molar-refractivity contribution < 1.29 is 5.11 Å². The fraction of sp³-hybridized carbons (Fsp3) is 0.300. The van der Waals surface area contributed by atoms with Gasteiger partial charge in [-0.05, 0) is 24.7 Å². The molecular formula is C10H13N3O. The summed E-state index contributed by atoms with van der Waals surface area (Å²) in [5.74, 6) is 0. The van der Waals surface area contributed by atoms with E-state index < -0.39 is 0 Å². The van der Waals surface area contributed by atoms with Crippen molar-refractivity contribution in [1.29, 1.82) is 5.26 Å². The van der Waals surface area contributed by atoms with Crippen LogP contribution in [0, 0.1) is 11.3 Å². The number of nitriles is 1. The third-order valence-corrected chi connectivity index (χ3v) is 2.13. The highest BCUT2D eigenvalue weighted by molar-refractivity contribution is 5.55. The molecule has 0 amide bonds. The maximum absolute atomic E-state index is 9.03. The minimum absolute atomic E-state index is 0.00183. The topological polar surface area (TPSA) is 82.1 Å². The SMILES string of the molecule is CNC(CO)c1ccc(C#N)c(N)c1. The molecule has 0 radical (unpaired) electrons. The first-order valence-electron chi connectivity index (χ1n) is 4.30. The van der Waals surface area contributed by atoms with Crippen LogP contribution in [0.3, 0.4) is 0 Å². The Hall–Kier alpha value is -1.57. The summed E-state index contributed by atoms with van der Waals surface area (Å²) < 4.78 is 0. The number of nitrogens with zero attached hydrogens (tertiary/aromatic N) is 1. The van der Waals surface area contributed by atoms with Gasteiger partial charge in [-0.2, -0.15) is 5.26 Å². The second-order valence-corrected chi connectivity index (χ2v) is 2.98. The summed E-state index contributed by atoms with van der Waals surface area (Å²) in [6, 6.07) is 7.00. The number of likely N-dealkylation sites (N-methyl/N-ethyl adjacent to an activating group) is 1. The number of hydrogen-bond donors (Lipinski definition) is 3. The summed E-state index contributed by atoms with van der Waals surface area (Å²) in [5, 5.41) is 20.6. The molecule has 1 unspecified atom stereocenters. The van der Waals surface area contributed by atoms with E-state index in [-0.39, 0.29) is 12.6 Å². The Morgan fingerprint density at radius 2 is 2.36 bits per heavy atom. The van der Waals surface area contributed by atoms with Crippen molar-refractivity contribution in [2.45, 2.75) is 6.04 Å². The second kappa shape index (κ2) is 4.61. The first kappa shape index (κ1) is 10.5. The molecule has 14 heavy (non-hydrogen) atoms. The maximum Gasteiger partial charge on any atom is 0.101 e. The molecule has 0 aliphatic carbocycles. The largest absolute Gasteiger partial charge is 0.398 e. The molecule has 0 spiro atoms. The average Bonchev–Trinajstić information content (AvgIpc) is 2.20. The van der Waals surface area contributed by atoms with Gasteiger partial charge >= 0.3 is 0 Å². The number of hydrogen-bond acceptors (Lipinski definition) is 4. The predicted octanol–water partition coefficient (Wildman–Crippen LogP) is 0.393. The van der Waals surface area contributed by atoms with Crippen LogP contribution in [0.2, 0.25) is 0 Å². The lowest BCUT2D eigenvalue weighted by Gasteiger charge is -2.14. The summed E-state index contributed by atoms with van der Waals surface area (Å²) in [5.41, 5.74) is 7.43. The third-order valence-electron chi connectivity index (χ3n) is 2.13. The number of nitrogens with two attached hydrogens (primary N) is 1. The highest BCUT2D eigenvalue weighted by atomic mass is 16.3. The van der Waals surface area contributed by atoms with E-state index in [4.69, 9.17) is 16.1 Å². The van der Waals surface area contributed by atoms with Crippen molar-refractivity contribution >= 4 is 5.69 Å². The first-order chi connectivity index (χ1) is 6.72. The van der Waals surface area contributed by atoms with Gasteiger partial charge in [-0.3, -0.25) is 0 Å². The number of nitrogens with one attached hydrogen (secondary N) is 1. The molecule has 0 saturated carbocycles. The van der Waals surface area contributed by atoms with Crippen molar-refractivity contribution in [3.8, 4) is 6.07 Å². The Morgan fingerprint density at radius 3 is 2.79 bits per heavy atom. The summed E-state index contributed by atoms with van der Waals surface area (Å²) in [4.78, 5) is 0. The molecule has 0 bridgehead atoms. The Balaban J connectivity index is 3.02. The molecule has 0 fully saturated rings. The summed E-state index contributed by atoms with van der Waals surface area (Å²) >= 11 is 0. The lowest BCUT2D eigenvalue weighted by Crippen LogP contribution is -2.20. The predicted molar refractivity (Wildman–Crippen MR) is 54.5 cm³/mol. The molecule has 0 aliphatic rings. The summed E-state index contributed by atoms with van der Waals surface area (Å²) in [7, 11) is 1.76. The fourth-order valence-electron chi connectivity index (χ4n) is 1.26. The minimum Gasteiger partial charge on any atom is -0.398 e. The molecule has 0 heterocycles. The van der Waals surface area contributed by atoms with Gasteiger partial charge in [-0.25, -0.2) is 0 Å². The first-order valence-corrected chi connectivity index (χ1v) is 4.30. The Morgan fingerprint density at radius 1 is 1.64 bits per heavy atom. The third kappa shape index (κ3) is 2.02. The van der Waals surface area contributed by atoms with E-state index in [2.05, 4.69) is 5.32 Å². The van der Waals surface area contributed by atoms with E-state index in [1.807, 2.05) is 6.07 Å². The number of aliphatic hydroxyl groups is 1. The fourth-order valence-corrected chi connectivity index (χ4v) is 1.26. The molecule has 4 nitrogen and oxygen atoms in total. The molecule has 0 aromatic heterocycles. The molecule has 0 saturated heterocycles. The van der Waals surface area contributed by atoms with E-state index in [0.717, 1.165) is 5.56 Å². The van der Waals surface area contributed by atoms with Gasteiger partial charge in [0, 0.05) is 5.69 Å². The molecule has 1 rings (SSSR count). The maximum atomic E-state index is 9.03. The summed E-state index contributed by atoms with van der Waals surface area (Å²) in [6.07, 6.45) is 0. The molecule has 1 atom stereocenters. The van der Waals surface area contributed by atoms with Crippen LogP contribution in [0.1, 0.15) is 17.2 Å². The van der Waals surface area contributed by atoms with Crippen LogP contribution in [0.25, 0.3) is 0 Å². The van der Waals surface area contributed by atoms with Crippen LogP contribution < -0.4 is 11.1 Å². The van der Waals surface area contributed by atoms with Crippen molar-refractivity contribution in [2.24, 2.45) is 0 Å². The lowest BCUT2D eigenvalue weighted by atomic mass is 10.0. The molecule has 4 N–H and O–H groups in total. The van der Waals surface area contributed by atoms with Crippen molar-refractivity contribution in [3.05, 3.63) is 29.3 Å². The lowest BCUT2D eigenvalue weighted by molar-refractivity contribution is 0.251. The van der Waals surface area contributed by atoms with E-state index in [1.165, 1.54) is 0 Å². The molecular weight excluding hydrogens is 178 g/mol. The normalized spacial score (nSPS) is 12.1. The van der Waals surface area contributed by atoms with Gasteiger partial charge in [-0.15, -0.1) is 0 Å². The number of benzene rings is 1. The Labute approximate surface area is 83.0 Å². The molecule has 4 heteroatoms. The van der Waals surface area contributed by atoms with Gasteiger partial charge in [0.25, 0.3) is 0 Å². The van der Waals surface area contributed by atoms with Crippen LogP contribution >= 0.6 is 0 Å². The Bertz CT molecular complexity index is 353. The zero-order chi connectivity index (χ0) is 10.6. The van der Waals surface area contributed by atoms with Gasteiger partial charge in [0.15, 0.2) is 0 Å². The highest BCUT2D eigenvalue weighted by Crippen LogP contribution is 2.18. The van der Waals surface area contributed by atoms with E-state index in [0.29, 0.717) is 11.3 Å². The van der Waals surface area contributed by atoms with Gasteiger partial charge in [0.1, 0.15) is 6.07 Å². The molecule has 74 valence electrons.